The van der Waals surface area contributed by atoms with Crippen molar-refractivity contribution in [2.45, 2.75) is 102 Å². The van der Waals surface area contributed by atoms with Gasteiger partial charge in [0.1, 0.15) is 12.1 Å². The number of nitriles is 1. The Morgan fingerprint density at radius 2 is 1.82 bits per heavy atom. The highest BCUT2D eigenvalue weighted by molar-refractivity contribution is 6.07. The smallest absolute Gasteiger partial charge is 0.246 e. The molecule has 4 aliphatic rings. The van der Waals surface area contributed by atoms with Crippen molar-refractivity contribution in [3.8, 4) is 6.07 Å². The van der Waals surface area contributed by atoms with Crippen LogP contribution in [0.4, 0.5) is 5.69 Å². The van der Waals surface area contributed by atoms with Crippen molar-refractivity contribution in [2.75, 3.05) is 25.5 Å². The van der Waals surface area contributed by atoms with Gasteiger partial charge in [0, 0.05) is 38.3 Å². The lowest BCUT2D eigenvalue weighted by Crippen LogP contribution is -2.55. The molecule has 210 valence electrons. The van der Waals surface area contributed by atoms with Crippen molar-refractivity contribution < 1.29 is 14.4 Å². The van der Waals surface area contributed by atoms with Crippen LogP contribution in [-0.4, -0.2) is 76.7 Å². The lowest BCUT2D eigenvalue weighted by atomic mass is 9.80. The maximum atomic E-state index is 14.3. The van der Waals surface area contributed by atoms with Gasteiger partial charge in [-0.05, 0) is 62.5 Å². The third-order valence-corrected chi connectivity index (χ3v) is 9.87. The first-order valence-corrected chi connectivity index (χ1v) is 14.7. The van der Waals surface area contributed by atoms with E-state index < -0.39 is 17.5 Å². The number of carbonyl (C=O) groups excluding carboxylic acids is 3. The third kappa shape index (κ3) is 4.63. The maximum absolute atomic E-state index is 14.3. The van der Waals surface area contributed by atoms with E-state index in [1.54, 1.807) is 16.8 Å². The van der Waals surface area contributed by atoms with Crippen LogP contribution in [0.5, 0.6) is 0 Å². The molecule has 4 atom stereocenters. The molecule has 5 rings (SSSR count). The van der Waals surface area contributed by atoms with Crippen molar-refractivity contribution in [3.05, 3.63) is 29.8 Å². The number of nitrogens with one attached hydrogen (secondary N) is 1. The third-order valence-electron chi connectivity index (χ3n) is 9.87. The molecule has 1 aromatic rings. The van der Waals surface area contributed by atoms with Gasteiger partial charge in [-0.3, -0.25) is 19.3 Å². The Hall–Kier alpha value is -2.92. The molecule has 3 amide bonds. The zero-order valence-corrected chi connectivity index (χ0v) is 24.1. The van der Waals surface area contributed by atoms with Crippen LogP contribution in [0.2, 0.25) is 0 Å². The minimum atomic E-state index is -0.938. The van der Waals surface area contributed by atoms with Gasteiger partial charge in [0.25, 0.3) is 0 Å². The molecule has 1 aliphatic carbocycles. The number of hydrogen-bond acceptors (Lipinski definition) is 5. The highest BCUT2D eigenvalue weighted by Gasteiger charge is 2.57. The van der Waals surface area contributed by atoms with Gasteiger partial charge in [-0.25, -0.2) is 0 Å². The van der Waals surface area contributed by atoms with E-state index in [4.69, 9.17) is 0 Å². The standard InChI is InChI=1S/C31H43N5O3/c1-20(2)14-25(34(5)27(37)26-16-30(12-8-9-13-30)18-35(26)21(3)4)28(38)36-19-31(15-22(36)17-32)23-10-6-7-11-24(23)33-29(31)39/h6-7,10-11,20-22,25-26H,8-9,12-16,18-19H2,1-5H3,(H,33,39)/t22-,25-,26-,31-/m0/s1. The molecule has 2 saturated heterocycles. The van der Waals surface area contributed by atoms with Crippen LogP contribution in [0, 0.1) is 22.7 Å². The van der Waals surface area contributed by atoms with E-state index in [1.807, 2.05) is 24.3 Å². The predicted octanol–water partition coefficient (Wildman–Crippen LogP) is 3.92. The van der Waals surface area contributed by atoms with Crippen molar-refractivity contribution in [1.29, 1.82) is 5.26 Å². The molecule has 0 radical (unpaired) electrons. The molecule has 1 saturated carbocycles. The van der Waals surface area contributed by atoms with Crippen LogP contribution in [0.1, 0.15) is 78.2 Å². The number of rotatable bonds is 6. The van der Waals surface area contributed by atoms with Crippen molar-refractivity contribution >= 4 is 23.4 Å². The monoisotopic (exact) mass is 533 g/mol. The second-order valence-electron chi connectivity index (χ2n) is 13.2. The van der Waals surface area contributed by atoms with Gasteiger partial charge in [0.05, 0.1) is 17.5 Å². The first-order valence-electron chi connectivity index (χ1n) is 14.7. The number of nitrogens with zero attached hydrogens (tertiary/aromatic N) is 4. The molecule has 1 aromatic carbocycles. The fraction of sp³-hybridized carbons (Fsp3) is 0.677. The second kappa shape index (κ2) is 10.2. The molecule has 0 aromatic heterocycles. The van der Waals surface area contributed by atoms with Crippen LogP contribution in [0.3, 0.4) is 0 Å². The molecule has 8 nitrogen and oxygen atoms in total. The largest absolute Gasteiger partial charge is 0.332 e. The lowest BCUT2D eigenvalue weighted by Gasteiger charge is -2.36. The van der Waals surface area contributed by atoms with Gasteiger partial charge in [-0.15, -0.1) is 0 Å². The number of para-hydroxylation sites is 1. The lowest BCUT2D eigenvalue weighted by molar-refractivity contribution is -0.148. The quantitative estimate of drug-likeness (QED) is 0.598. The molecule has 39 heavy (non-hydrogen) atoms. The first kappa shape index (κ1) is 27.6. The minimum absolute atomic E-state index is 0.00199. The number of hydrogen-bond donors (Lipinski definition) is 1. The number of likely N-dealkylation sites (tertiary alicyclic amines) is 2. The summed E-state index contributed by atoms with van der Waals surface area (Å²) in [5.74, 6) is -0.222. The number of benzene rings is 1. The number of carbonyl (C=O) groups is 3. The molecule has 1 N–H and O–H groups in total. The van der Waals surface area contributed by atoms with E-state index in [2.05, 4.69) is 44.0 Å². The average molecular weight is 534 g/mol. The normalized spacial score (nSPS) is 28.4. The van der Waals surface area contributed by atoms with E-state index in [0.717, 1.165) is 24.2 Å². The highest BCUT2D eigenvalue weighted by Crippen LogP contribution is 2.49. The first-order chi connectivity index (χ1) is 18.5. The minimum Gasteiger partial charge on any atom is -0.332 e. The molecule has 0 bridgehead atoms. The number of likely N-dealkylation sites (N-methyl/N-ethyl adjacent to an activating group) is 1. The predicted molar refractivity (Wildman–Crippen MR) is 150 cm³/mol. The molecule has 0 unspecified atom stereocenters. The van der Waals surface area contributed by atoms with Gasteiger partial charge in [-0.1, -0.05) is 44.9 Å². The van der Waals surface area contributed by atoms with Gasteiger partial charge in [0.2, 0.25) is 17.7 Å². The molecule has 2 spiro atoms. The van der Waals surface area contributed by atoms with Crippen LogP contribution >= 0.6 is 0 Å². The Balaban J connectivity index is 1.42. The van der Waals surface area contributed by atoms with Gasteiger partial charge >= 0.3 is 0 Å². The summed E-state index contributed by atoms with van der Waals surface area (Å²) in [4.78, 5) is 47.2. The zero-order chi connectivity index (χ0) is 28.1. The summed E-state index contributed by atoms with van der Waals surface area (Å²) in [5.41, 5.74) is 0.859. The van der Waals surface area contributed by atoms with Crippen LogP contribution < -0.4 is 5.32 Å². The van der Waals surface area contributed by atoms with Crippen LogP contribution in [0.15, 0.2) is 24.3 Å². The van der Waals surface area contributed by atoms with Gasteiger partial charge < -0.3 is 15.1 Å². The van der Waals surface area contributed by atoms with Gasteiger partial charge in [-0.2, -0.15) is 5.26 Å². The summed E-state index contributed by atoms with van der Waals surface area (Å²) in [5, 5.41) is 13.1. The van der Waals surface area contributed by atoms with E-state index in [0.29, 0.717) is 6.42 Å². The van der Waals surface area contributed by atoms with E-state index in [-0.39, 0.29) is 54.1 Å². The van der Waals surface area contributed by atoms with Crippen LogP contribution in [-0.2, 0) is 19.8 Å². The molecule has 8 heteroatoms. The number of anilines is 1. The van der Waals surface area contributed by atoms with E-state index in [9.17, 15) is 19.6 Å². The zero-order valence-electron chi connectivity index (χ0n) is 24.1. The summed E-state index contributed by atoms with van der Waals surface area (Å²) in [6.45, 7) is 9.49. The fourth-order valence-electron chi connectivity index (χ4n) is 7.79. The summed E-state index contributed by atoms with van der Waals surface area (Å²) >= 11 is 0. The van der Waals surface area contributed by atoms with Crippen molar-refractivity contribution in [2.24, 2.45) is 11.3 Å². The Kier molecular flexibility index (Phi) is 7.26. The Labute approximate surface area is 232 Å². The summed E-state index contributed by atoms with van der Waals surface area (Å²) in [6.07, 6.45) is 6.39. The van der Waals surface area contributed by atoms with Gasteiger partial charge in [0.15, 0.2) is 0 Å². The summed E-state index contributed by atoms with van der Waals surface area (Å²) in [7, 11) is 1.76. The number of amides is 3. The van der Waals surface area contributed by atoms with E-state index in [1.165, 1.54) is 25.7 Å². The molecule has 3 aliphatic heterocycles. The van der Waals surface area contributed by atoms with Crippen LogP contribution in [0.25, 0.3) is 0 Å². The Morgan fingerprint density at radius 1 is 1.13 bits per heavy atom. The second-order valence-corrected chi connectivity index (χ2v) is 13.2. The summed E-state index contributed by atoms with van der Waals surface area (Å²) < 4.78 is 0. The van der Waals surface area contributed by atoms with E-state index >= 15 is 0 Å². The highest BCUT2D eigenvalue weighted by atomic mass is 16.2. The molecular weight excluding hydrogens is 490 g/mol. The topological polar surface area (TPSA) is 96.7 Å². The number of fused-ring (bicyclic) bond motifs is 2. The summed E-state index contributed by atoms with van der Waals surface area (Å²) in [6, 6.07) is 8.43. The molecule has 3 fully saturated rings. The Bertz CT molecular complexity index is 1180. The molecule has 3 heterocycles. The SMILES string of the molecule is CC(C)C[C@@H](C(=O)N1C[C@]2(C[C@H]1C#N)C(=O)Nc1ccccc12)N(C)C(=O)[C@@H]1CC2(CCCC2)CN1C(C)C. The molecular formula is C31H43N5O3. The average Bonchev–Trinajstić information content (AvgIpc) is 3.68. The fourth-order valence-corrected chi connectivity index (χ4v) is 7.79. The van der Waals surface area contributed by atoms with Crippen molar-refractivity contribution in [1.82, 2.24) is 14.7 Å². The van der Waals surface area contributed by atoms with Crippen molar-refractivity contribution in [3.63, 3.8) is 0 Å². The Morgan fingerprint density at radius 3 is 2.46 bits per heavy atom. The maximum Gasteiger partial charge on any atom is 0.246 e.